The zero-order chi connectivity index (χ0) is 23.8. The van der Waals surface area contributed by atoms with Crippen molar-refractivity contribution in [3.63, 3.8) is 0 Å². The van der Waals surface area contributed by atoms with Crippen molar-refractivity contribution in [1.29, 1.82) is 0 Å². The maximum Gasteiger partial charge on any atom is 0.343 e. The SMILES string of the molecule is CCOc1cc(/C=N/NC(=O)c2cccc([N+](=O)[O-])c2)ccc1OC(=O)c1cccc(C)c1. The summed E-state index contributed by atoms with van der Waals surface area (Å²) in [5, 5.41) is 14.7. The summed E-state index contributed by atoms with van der Waals surface area (Å²) in [4.78, 5) is 34.9. The van der Waals surface area contributed by atoms with Gasteiger partial charge >= 0.3 is 5.97 Å². The largest absolute Gasteiger partial charge is 0.490 e. The van der Waals surface area contributed by atoms with Crippen molar-refractivity contribution in [2.24, 2.45) is 5.10 Å². The van der Waals surface area contributed by atoms with Crippen LogP contribution in [0, 0.1) is 17.0 Å². The number of hydrazone groups is 1. The van der Waals surface area contributed by atoms with Gasteiger partial charge in [0.25, 0.3) is 11.6 Å². The maximum atomic E-state index is 12.5. The van der Waals surface area contributed by atoms with Gasteiger partial charge in [0.15, 0.2) is 11.5 Å². The number of nitro benzene ring substituents is 1. The third kappa shape index (κ3) is 6.23. The van der Waals surface area contributed by atoms with Gasteiger partial charge in [-0.1, -0.05) is 23.8 Å². The normalized spacial score (nSPS) is 10.6. The Balaban J connectivity index is 1.71. The van der Waals surface area contributed by atoms with Gasteiger partial charge in [0.2, 0.25) is 0 Å². The molecule has 0 unspecified atom stereocenters. The zero-order valence-electron chi connectivity index (χ0n) is 18.0. The van der Waals surface area contributed by atoms with Crippen molar-refractivity contribution in [2.75, 3.05) is 6.61 Å². The molecule has 3 aromatic carbocycles. The van der Waals surface area contributed by atoms with E-state index in [0.717, 1.165) is 11.6 Å². The van der Waals surface area contributed by atoms with Crippen molar-refractivity contribution in [3.05, 3.63) is 99.1 Å². The van der Waals surface area contributed by atoms with E-state index >= 15 is 0 Å². The molecule has 0 fully saturated rings. The highest BCUT2D eigenvalue weighted by atomic mass is 16.6. The van der Waals surface area contributed by atoms with Crippen LogP contribution in [0.25, 0.3) is 0 Å². The van der Waals surface area contributed by atoms with E-state index in [4.69, 9.17) is 9.47 Å². The first-order valence-corrected chi connectivity index (χ1v) is 10.0. The fraction of sp³-hybridized carbons (Fsp3) is 0.125. The van der Waals surface area contributed by atoms with Crippen LogP contribution in [0.15, 0.2) is 71.8 Å². The van der Waals surface area contributed by atoms with Crippen LogP contribution in [0.3, 0.4) is 0 Å². The Bertz CT molecular complexity index is 1220. The summed E-state index contributed by atoms with van der Waals surface area (Å²) < 4.78 is 11.1. The number of hydrogen-bond acceptors (Lipinski definition) is 7. The van der Waals surface area contributed by atoms with Gasteiger partial charge < -0.3 is 9.47 Å². The summed E-state index contributed by atoms with van der Waals surface area (Å²) in [6.07, 6.45) is 1.38. The maximum absolute atomic E-state index is 12.5. The van der Waals surface area contributed by atoms with Crippen LogP contribution in [0.1, 0.15) is 38.8 Å². The Morgan fingerprint density at radius 2 is 1.79 bits per heavy atom. The van der Waals surface area contributed by atoms with Crippen LogP contribution in [-0.4, -0.2) is 29.6 Å². The van der Waals surface area contributed by atoms with Crippen molar-refractivity contribution < 1.29 is 24.0 Å². The second kappa shape index (κ2) is 10.7. The Kier molecular flexibility index (Phi) is 7.48. The molecular weight excluding hydrogens is 426 g/mol. The van der Waals surface area contributed by atoms with E-state index in [1.165, 1.54) is 24.4 Å². The molecule has 33 heavy (non-hydrogen) atoms. The lowest BCUT2D eigenvalue weighted by Gasteiger charge is -2.11. The molecule has 0 heterocycles. The molecule has 168 valence electrons. The molecule has 0 aliphatic heterocycles. The number of amides is 1. The molecule has 0 saturated carbocycles. The molecule has 9 heteroatoms. The lowest BCUT2D eigenvalue weighted by molar-refractivity contribution is -0.384. The zero-order valence-corrected chi connectivity index (χ0v) is 18.0. The molecule has 0 bridgehead atoms. The fourth-order valence-electron chi connectivity index (χ4n) is 2.88. The van der Waals surface area contributed by atoms with Gasteiger partial charge in [-0.2, -0.15) is 5.10 Å². The van der Waals surface area contributed by atoms with Gasteiger partial charge in [-0.25, -0.2) is 10.2 Å². The van der Waals surface area contributed by atoms with E-state index in [0.29, 0.717) is 23.5 Å². The summed E-state index contributed by atoms with van der Waals surface area (Å²) in [7, 11) is 0. The standard InChI is InChI=1S/C24H21N3O6/c1-3-32-22-13-17(10-11-21(22)33-24(29)19-8-4-6-16(2)12-19)15-25-26-23(28)18-7-5-9-20(14-18)27(30)31/h4-15H,3H2,1-2H3,(H,26,28)/b25-15+. The van der Waals surface area contributed by atoms with Crippen molar-refractivity contribution in [3.8, 4) is 11.5 Å². The molecular formula is C24H21N3O6. The van der Waals surface area contributed by atoms with Gasteiger partial charge in [0, 0.05) is 17.7 Å². The van der Waals surface area contributed by atoms with Crippen LogP contribution < -0.4 is 14.9 Å². The number of hydrogen-bond donors (Lipinski definition) is 1. The second-order valence-corrected chi connectivity index (χ2v) is 6.90. The highest BCUT2D eigenvalue weighted by Crippen LogP contribution is 2.29. The van der Waals surface area contributed by atoms with E-state index in [2.05, 4.69) is 10.5 Å². The third-order valence-corrected chi connectivity index (χ3v) is 4.42. The summed E-state index contributed by atoms with van der Waals surface area (Å²) in [6, 6.07) is 17.2. The molecule has 3 aromatic rings. The third-order valence-electron chi connectivity index (χ3n) is 4.42. The van der Waals surface area contributed by atoms with Crippen LogP contribution in [0.5, 0.6) is 11.5 Å². The number of rotatable bonds is 8. The topological polar surface area (TPSA) is 120 Å². The number of carbonyl (C=O) groups is 2. The smallest absolute Gasteiger partial charge is 0.343 e. The predicted molar refractivity (Wildman–Crippen MR) is 122 cm³/mol. The van der Waals surface area contributed by atoms with E-state index in [-0.39, 0.29) is 17.0 Å². The summed E-state index contributed by atoms with van der Waals surface area (Å²) in [5.41, 5.74) is 4.17. The van der Waals surface area contributed by atoms with Crippen LogP contribution in [0.4, 0.5) is 5.69 Å². The molecule has 0 aliphatic rings. The Morgan fingerprint density at radius 1 is 1.03 bits per heavy atom. The highest BCUT2D eigenvalue weighted by Gasteiger charge is 2.14. The Morgan fingerprint density at radius 3 is 2.52 bits per heavy atom. The van der Waals surface area contributed by atoms with Gasteiger partial charge in [-0.3, -0.25) is 14.9 Å². The average molecular weight is 447 g/mol. The van der Waals surface area contributed by atoms with E-state index < -0.39 is 16.8 Å². The fourth-order valence-corrected chi connectivity index (χ4v) is 2.88. The number of carbonyl (C=O) groups excluding carboxylic acids is 2. The lowest BCUT2D eigenvalue weighted by Crippen LogP contribution is -2.17. The van der Waals surface area contributed by atoms with E-state index in [1.807, 2.05) is 13.0 Å². The molecule has 0 radical (unpaired) electrons. The van der Waals surface area contributed by atoms with Crippen LogP contribution in [0.2, 0.25) is 0 Å². The number of nitrogens with one attached hydrogen (secondary N) is 1. The van der Waals surface area contributed by atoms with Gasteiger partial charge in [-0.15, -0.1) is 0 Å². The molecule has 0 spiro atoms. The number of esters is 1. The first-order chi connectivity index (χ1) is 15.9. The quantitative estimate of drug-likeness (QED) is 0.181. The first-order valence-electron chi connectivity index (χ1n) is 10.0. The molecule has 1 N–H and O–H groups in total. The summed E-state index contributed by atoms with van der Waals surface area (Å²) in [5.74, 6) is -0.512. The highest BCUT2D eigenvalue weighted by molar-refractivity contribution is 5.95. The molecule has 0 atom stereocenters. The number of benzene rings is 3. The van der Waals surface area contributed by atoms with Crippen molar-refractivity contribution >= 4 is 23.8 Å². The average Bonchev–Trinajstić information content (AvgIpc) is 2.80. The number of nitrogens with zero attached hydrogens (tertiary/aromatic N) is 2. The minimum atomic E-state index is -0.594. The van der Waals surface area contributed by atoms with Crippen molar-refractivity contribution in [2.45, 2.75) is 13.8 Å². The molecule has 9 nitrogen and oxygen atoms in total. The lowest BCUT2D eigenvalue weighted by atomic mass is 10.1. The first kappa shape index (κ1) is 23.1. The van der Waals surface area contributed by atoms with Crippen LogP contribution >= 0.6 is 0 Å². The van der Waals surface area contributed by atoms with Gasteiger partial charge in [-0.05, 0) is 55.8 Å². The van der Waals surface area contributed by atoms with Gasteiger partial charge in [0.05, 0.1) is 23.3 Å². The van der Waals surface area contributed by atoms with Gasteiger partial charge in [0.1, 0.15) is 0 Å². The number of nitro groups is 1. The summed E-state index contributed by atoms with van der Waals surface area (Å²) >= 11 is 0. The second-order valence-electron chi connectivity index (χ2n) is 6.90. The molecule has 0 aliphatic carbocycles. The minimum Gasteiger partial charge on any atom is -0.490 e. The minimum absolute atomic E-state index is 0.106. The number of ether oxygens (including phenoxy) is 2. The number of non-ortho nitro benzene ring substituents is 1. The Labute approximate surface area is 189 Å². The predicted octanol–water partition coefficient (Wildman–Crippen LogP) is 4.29. The molecule has 0 saturated heterocycles. The monoisotopic (exact) mass is 447 g/mol. The van der Waals surface area contributed by atoms with E-state index in [1.54, 1.807) is 43.3 Å². The van der Waals surface area contributed by atoms with Crippen molar-refractivity contribution in [1.82, 2.24) is 5.43 Å². The Hall–Kier alpha value is -4.53. The molecule has 1 amide bonds. The number of aryl methyl sites for hydroxylation is 1. The van der Waals surface area contributed by atoms with E-state index in [9.17, 15) is 19.7 Å². The molecule has 3 rings (SSSR count). The summed E-state index contributed by atoms with van der Waals surface area (Å²) in [6.45, 7) is 4.03. The van der Waals surface area contributed by atoms with Crippen LogP contribution in [-0.2, 0) is 0 Å². The molecule has 0 aromatic heterocycles.